The molecule has 1 aliphatic rings. The number of methoxy groups -OCH3 is 1. The number of hydrogen-bond acceptors (Lipinski definition) is 7. The van der Waals surface area contributed by atoms with Gasteiger partial charge in [-0.25, -0.2) is 15.0 Å². The summed E-state index contributed by atoms with van der Waals surface area (Å²) in [4.78, 5) is 16.3. The highest BCUT2D eigenvalue weighted by atomic mass is 32.1. The number of nitrogens with zero attached hydrogens (tertiary/aromatic N) is 4. The van der Waals surface area contributed by atoms with Gasteiger partial charge in [-0.1, -0.05) is 20.8 Å². The van der Waals surface area contributed by atoms with Crippen molar-refractivity contribution >= 4 is 17.2 Å². The van der Waals surface area contributed by atoms with E-state index in [-0.39, 0.29) is 11.5 Å². The molecule has 2 aromatic heterocycles. The summed E-state index contributed by atoms with van der Waals surface area (Å²) in [5.41, 5.74) is 1.84. The van der Waals surface area contributed by atoms with Gasteiger partial charge in [-0.2, -0.15) is 0 Å². The third-order valence-corrected chi connectivity index (χ3v) is 5.09. The Balaban J connectivity index is 1.87. The minimum absolute atomic E-state index is 0.00798. The monoisotopic (exact) mass is 362 g/mol. The van der Waals surface area contributed by atoms with Crippen LogP contribution in [0.1, 0.15) is 49.1 Å². The summed E-state index contributed by atoms with van der Waals surface area (Å²) >= 11 is 1.66. The second-order valence-corrected chi connectivity index (χ2v) is 8.25. The number of rotatable bonds is 4. The van der Waals surface area contributed by atoms with Crippen molar-refractivity contribution in [3.8, 4) is 0 Å². The molecule has 6 nitrogen and oxygen atoms in total. The summed E-state index contributed by atoms with van der Waals surface area (Å²) in [6, 6.07) is 2.02. The summed E-state index contributed by atoms with van der Waals surface area (Å²) in [5, 5.41) is 3.10. The molecule has 1 atom stereocenters. The molecule has 1 unspecified atom stereocenters. The molecule has 0 aromatic carbocycles. The van der Waals surface area contributed by atoms with Crippen molar-refractivity contribution in [2.75, 3.05) is 31.7 Å². The van der Waals surface area contributed by atoms with Crippen LogP contribution in [0.2, 0.25) is 0 Å². The highest BCUT2D eigenvalue weighted by molar-refractivity contribution is 7.09. The zero-order valence-electron chi connectivity index (χ0n) is 15.6. The van der Waals surface area contributed by atoms with Crippen LogP contribution in [0, 0.1) is 6.92 Å². The largest absolute Gasteiger partial charge is 0.378 e. The van der Waals surface area contributed by atoms with E-state index in [9.17, 15) is 0 Å². The lowest BCUT2D eigenvalue weighted by Crippen LogP contribution is -2.39. The maximum Gasteiger partial charge on any atom is 0.136 e. The van der Waals surface area contributed by atoms with E-state index >= 15 is 0 Å². The summed E-state index contributed by atoms with van der Waals surface area (Å²) in [7, 11) is 1.69. The van der Waals surface area contributed by atoms with Crippen molar-refractivity contribution in [2.24, 2.45) is 0 Å². The lowest BCUT2D eigenvalue weighted by Gasteiger charge is -2.33. The van der Waals surface area contributed by atoms with Crippen LogP contribution >= 0.6 is 11.3 Å². The SMILES string of the molecule is COCc1cc(N2CCOC(c3nc(C)cs3)C2)nc(C(C)(C)C)n1. The van der Waals surface area contributed by atoms with Crippen LogP contribution in [0.3, 0.4) is 0 Å². The van der Waals surface area contributed by atoms with Crippen molar-refractivity contribution in [3.05, 3.63) is 33.7 Å². The molecule has 0 radical (unpaired) electrons. The molecule has 1 saturated heterocycles. The lowest BCUT2D eigenvalue weighted by atomic mass is 9.95. The molecule has 0 N–H and O–H groups in total. The van der Waals surface area contributed by atoms with E-state index in [4.69, 9.17) is 14.5 Å². The average molecular weight is 362 g/mol. The molecule has 136 valence electrons. The first-order valence-corrected chi connectivity index (χ1v) is 9.40. The molecule has 3 rings (SSSR count). The molecule has 1 aliphatic heterocycles. The van der Waals surface area contributed by atoms with Crippen molar-refractivity contribution in [1.29, 1.82) is 0 Å². The second-order valence-electron chi connectivity index (χ2n) is 7.36. The van der Waals surface area contributed by atoms with Crippen LogP contribution in [-0.2, 0) is 21.5 Å². The standard InChI is InChI=1S/C18H26N4O2S/c1-12-11-25-16(19-12)14-9-22(6-7-24-14)15-8-13(10-23-5)20-17(21-15)18(2,3)4/h8,11,14H,6-7,9-10H2,1-5H3. The lowest BCUT2D eigenvalue weighted by molar-refractivity contribution is 0.0392. The van der Waals surface area contributed by atoms with Crippen LogP contribution in [-0.4, -0.2) is 41.8 Å². The van der Waals surface area contributed by atoms with Gasteiger partial charge in [-0.15, -0.1) is 11.3 Å². The quantitative estimate of drug-likeness (QED) is 0.832. The Bertz CT molecular complexity index is 726. The average Bonchev–Trinajstić information content (AvgIpc) is 3.01. The number of aromatic nitrogens is 3. The maximum absolute atomic E-state index is 5.94. The number of aryl methyl sites for hydroxylation is 1. The van der Waals surface area contributed by atoms with E-state index < -0.39 is 0 Å². The topological polar surface area (TPSA) is 60.4 Å². The van der Waals surface area contributed by atoms with Crippen LogP contribution < -0.4 is 4.90 Å². The number of hydrogen-bond donors (Lipinski definition) is 0. The number of morpholine rings is 1. The molecule has 7 heteroatoms. The van der Waals surface area contributed by atoms with Crippen LogP contribution in [0.4, 0.5) is 5.82 Å². The van der Waals surface area contributed by atoms with Crippen molar-refractivity contribution in [2.45, 2.75) is 45.8 Å². The summed E-state index contributed by atoms with van der Waals surface area (Å²) in [6.45, 7) is 11.1. The van der Waals surface area contributed by atoms with Gasteiger partial charge in [0.25, 0.3) is 0 Å². The molecule has 25 heavy (non-hydrogen) atoms. The molecule has 2 aromatic rings. The fraction of sp³-hybridized carbons (Fsp3) is 0.611. The first kappa shape index (κ1) is 18.2. The maximum atomic E-state index is 5.94. The van der Waals surface area contributed by atoms with Crippen LogP contribution in [0.25, 0.3) is 0 Å². The molecule has 0 saturated carbocycles. The van der Waals surface area contributed by atoms with E-state index in [1.54, 1.807) is 18.4 Å². The zero-order valence-corrected chi connectivity index (χ0v) is 16.4. The second kappa shape index (κ2) is 7.35. The number of ether oxygens (including phenoxy) is 2. The minimum atomic E-state index is -0.114. The molecule has 3 heterocycles. The van der Waals surface area contributed by atoms with Gasteiger partial charge in [0, 0.05) is 36.2 Å². The third kappa shape index (κ3) is 4.34. The van der Waals surface area contributed by atoms with Crippen LogP contribution in [0.5, 0.6) is 0 Å². The Morgan fingerprint density at radius 1 is 1.32 bits per heavy atom. The first-order chi connectivity index (χ1) is 11.9. The van der Waals surface area contributed by atoms with E-state index in [0.29, 0.717) is 13.2 Å². The Morgan fingerprint density at radius 3 is 2.76 bits per heavy atom. The fourth-order valence-corrected chi connectivity index (χ4v) is 3.56. The molecule has 0 bridgehead atoms. The number of thiazole rings is 1. The van der Waals surface area contributed by atoms with Crippen LogP contribution in [0.15, 0.2) is 11.4 Å². The fourth-order valence-electron chi connectivity index (χ4n) is 2.73. The van der Waals surface area contributed by atoms with Crippen molar-refractivity contribution < 1.29 is 9.47 Å². The van der Waals surface area contributed by atoms with Gasteiger partial charge in [0.05, 0.1) is 25.5 Å². The molecule has 1 fully saturated rings. The van der Waals surface area contributed by atoms with Gasteiger partial charge < -0.3 is 14.4 Å². The highest BCUT2D eigenvalue weighted by Gasteiger charge is 2.27. The summed E-state index contributed by atoms with van der Waals surface area (Å²) in [6.07, 6.45) is -0.00798. The molecular formula is C18H26N4O2S. The Morgan fingerprint density at radius 2 is 2.12 bits per heavy atom. The number of anilines is 1. The van der Waals surface area contributed by atoms with Crippen molar-refractivity contribution in [3.63, 3.8) is 0 Å². The zero-order chi connectivity index (χ0) is 18.0. The predicted octanol–water partition coefficient (Wildman–Crippen LogP) is 3.26. The van der Waals surface area contributed by atoms with Gasteiger partial charge in [0.1, 0.15) is 22.8 Å². The van der Waals surface area contributed by atoms with Gasteiger partial charge in [-0.3, -0.25) is 0 Å². The Kier molecular flexibility index (Phi) is 5.36. The molecular weight excluding hydrogens is 336 g/mol. The van der Waals surface area contributed by atoms with Gasteiger partial charge >= 0.3 is 0 Å². The minimum Gasteiger partial charge on any atom is -0.378 e. The summed E-state index contributed by atoms with van der Waals surface area (Å²) in [5.74, 6) is 1.78. The van der Waals surface area contributed by atoms with Crippen molar-refractivity contribution in [1.82, 2.24) is 15.0 Å². The van der Waals surface area contributed by atoms with Gasteiger partial charge in [0.15, 0.2) is 0 Å². The smallest absolute Gasteiger partial charge is 0.136 e. The third-order valence-electron chi connectivity index (χ3n) is 4.03. The Labute approximate surface area is 153 Å². The highest BCUT2D eigenvalue weighted by Crippen LogP contribution is 2.29. The molecule has 0 aliphatic carbocycles. The normalized spacial score (nSPS) is 18.6. The summed E-state index contributed by atoms with van der Waals surface area (Å²) < 4.78 is 11.2. The van der Waals surface area contributed by atoms with E-state index in [1.165, 1.54) is 0 Å². The van der Waals surface area contributed by atoms with E-state index in [1.807, 2.05) is 13.0 Å². The van der Waals surface area contributed by atoms with Gasteiger partial charge in [0.2, 0.25) is 0 Å². The van der Waals surface area contributed by atoms with E-state index in [2.05, 4.69) is 41.0 Å². The predicted molar refractivity (Wildman–Crippen MR) is 99.2 cm³/mol. The Hall–Kier alpha value is -1.57. The molecule has 0 amide bonds. The van der Waals surface area contributed by atoms with E-state index in [0.717, 1.165) is 41.1 Å². The molecule has 0 spiro atoms. The first-order valence-electron chi connectivity index (χ1n) is 8.53. The van der Waals surface area contributed by atoms with Gasteiger partial charge in [-0.05, 0) is 6.92 Å².